The molecule has 222 valence electrons. The standard InChI is InChI=1S/C31H40BrN3O6/c1-6-34(7-2)28(36)20-15-22-21-9-8-10-24-26(21)23(16-25(22)33(5)17-20)27(32)35(24)31(38)41-30(18(3)4)40-29(37)19-11-13-39-14-12-19/h8-10,15,18-20,25,30H,6-7,11-14,16-17H2,1-5H3/t20-,25-,30?/m1/s1. The van der Waals surface area contributed by atoms with E-state index >= 15 is 0 Å². The van der Waals surface area contributed by atoms with E-state index in [0.29, 0.717) is 62.2 Å². The van der Waals surface area contributed by atoms with E-state index < -0.39 is 12.4 Å². The van der Waals surface area contributed by atoms with Gasteiger partial charge >= 0.3 is 12.1 Å². The first-order valence-corrected chi connectivity index (χ1v) is 15.5. The third-order valence-corrected chi connectivity index (χ3v) is 9.45. The van der Waals surface area contributed by atoms with Crippen LogP contribution >= 0.6 is 15.9 Å². The molecular formula is C31H40BrN3O6. The predicted octanol–water partition coefficient (Wildman–Crippen LogP) is 5.08. The van der Waals surface area contributed by atoms with Crippen LogP contribution in [0.3, 0.4) is 0 Å². The van der Waals surface area contributed by atoms with Gasteiger partial charge in [0.25, 0.3) is 6.29 Å². The number of nitrogens with zero attached hydrogens (tertiary/aromatic N) is 3. The number of ether oxygens (including phenoxy) is 3. The molecule has 1 saturated heterocycles. The fraction of sp³-hybridized carbons (Fsp3) is 0.581. The summed E-state index contributed by atoms with van der Waals surface area (Å²) in [4.78, 5) is 43.9. The summed E-state index contributed by atoms with van der Waals surface area (Å²) >= 11 is 3.71. The van der Waals surface area contributed by atoms with Gasteiger partial charge in [0.15, 0.2) is 0 Å². The van der Waals surface area contributed by atoms with Crippen LogP contribution in [-0.2, 0) is 30.2 Å². The third kappa shape index (κ3) is 5.58. The molecule has 1 amide bonds. The lowest BCUT2D eigenvalue weighted by molar-refractivity contribution is -0.182. The highest BCUT2D eigenvalue weighted by Crippen LogP contribution is 2.45. The van der Waals surface area contributed by atoms with E-state index in [2.05, 4.69) is 40.0 Å². The molecule has 0 radical (unpaired) electrons. The van der Waals surface area contributed by atoms with Crippen LogP contribution in [0.1, 0.15) is 51.7 Å². The Morgan fingerprint density at radius 1 is 1.12 bits per heavy atom. The summed E-state index contributed by atoms with van der Waals surface area (Å²) in [5, 5.41) is 0.975. The minimum atomic E-state index is -1.01. The van der Waals surface area contributed by atoms with Gasteiger partial charge in [-0.1, -0.05) is 32.1 Å². The molecule has 1 aromatic carbocycles. The molecule has 9 nitrogen and oxygen atoms in total. The van der Waals surface area contributed by atoms with Crippen molar-refractivity contribution in [1.29, 1.82) is 0 Å². The number of halogens is 1. The van der Waals surface area contributed by atoms with Crippen molar-refractivity contribution in [2.24, 2.45) is 17.8 Å². The summed E-state index contributed by atoms with van der Waals surface area (Å²) in [5.41, 5.74) is 3.88. The molecule has 3 atom stereocenters. The van der Waals surface area contributed by atoms with E-state index in [1.165, 1.54) is 4.57 Å². The molecule has 0 N–H and O–H groups in total. The monoisotopic (exact) mass is 629 g/mol. The maximum Gasteiger partial charge on any atom is 0.422 e. The van der Waals surface area contributed by atoms with E-state index in [1.54, 1.807) is 0 Å². The topological polar surface area (TPSA) is 90.3 Å². The van der Waals surface area contributed by atoms with Gasteiger partial charge in [0.1, 0.15) is 0 Å². The van der Waals surface area contributed by atoms with Crippen molar-refractivity contribution >= 4 is 50.4 Å². The molecule has 1 aliphatic carbocycles. The maximum atomic E-state index is 13.7. The summed E-state index contributed by atoms with van der Waals surface area (Å²) in [6, 6.07) is 5.98. The van der Waals surface area contributed by atoms with Gasteiger partial charge in [0.05, 0.1) is 22.0 Å². The molecule has 0 bridgehead atoms. The highest BCUT2D eigenvalue weighted by Gasteiger charge is 2.39. The number of fused-ring (bicyclic) bond motifs is 2. The average Bonchev–Trinajstić information content (AvgIpc) is 3.26. The Kier molecular flexibility index (Phi) is 8.92. The summed E-state index contributed by atoms with van der Waals surface area (Å²) < 4.78 is 19.1. The molecule has 3 aliphatic rings. The number of hydrogen-bond donors (Lipinski definition) is 0. The molecule has 2 aromatic rings. The molecule has 5 rings (SSSR count). The normalized spacial score (nSPS) is 21.8. The lowest BCUT2D eigenvalue weighted by Crippen LogP contribution is -2.47. The van der Waals surface area contributed by atoms with E-state index in [4.69, 9.17) is 14.2 Å². The molecule has 10 heteroatoms. The first-order valence-electron chi connectivity index (χ1n) is 14.7. The van der Waals surface area contributed by atoms with Crippen LogP contribution in [0, 0.1) is 17.8 Å². The zero-order valence-corrected chi connectivity index (χ0v) is 26.1. The largest absolute Gasteiger partial charge is 0.425 e. The van der Waals surface area contributed by atoms with Gasteiger partial charge in [0.2, 0.25) is 5.91 Å². The van der Waals surface area contributed by atoms with Gasteiger partial charge in [-0.25, -0.2) is 9.36 Å². The second-order valence-electron chi connectivity index (χ2n) is 11.5. The Balaban J connectivity index is 1.47. The minimum absolute atomic E-state index is 0.0841. The Morgan fingerprint density at radius 3 is 2.49 bits per heavy atom. The fourth-order valence-electron chi connectivity index (χ4n) is 6.29. The van der Waals surface area contributed by atoms with Crippen LogP contribution < -0.4 is 0 Å². The Bertz CT molecular complexity index is 1360. The number of carbonyl (C=O) groups is 3. The molecule has 0 spiro atoms. The second-order valence-corrected chi connectivity index (χ2v) is 12.3. The SMILES string of the molecule is CCN(CC)C(=O)[C@@H]1C=C2c3cccc4c3c(c(Br)n4C(=O)OC(OC(=O)C3CCOCC3)C(C)C)C[C@H]2N(C)C1. The zero-order chi connectivity index (χ0) is 29.4. The van der Waals surface area contributed by atoms with Crippen LogP contribution in [0.5, 0.6) is 0 Å². The molecule has 1 aromatic heterocycles. The Morgan fingerprint density at radius 2 is 1.83 bits per heavy atom. The van der Waals surface area contributed by atoms with Crippen molar-refractivity contribution in [3.63, 3.8) is 0 Å². The zero-order valence-electron chi connectivity index (χ0n) is 24.5. The van der Waals surface area contributed by atoms with Crippen molar-refractivity contribution < 1.29 is 28.6 Å². The van der Waals surface area contributed by atoms with E-state index in [0.717, 1.165) is 22.1 Å². The van der Waals surface area contributed by atoms with Crippen molar-refractivity contribution in [2.45, 2.75) is 59.3 Å². The number of carbonyl (C=O) groups excluding carboxylic acids is 3. The van der Waals surface area contributed by atoms with Crippen molar-refractivity contribution in [2.75, 3.05) is 39.9 Å². The van der Waals surface area contributed by atoms with Crippen molar-refractivity contribution in [3.05, 3.63) is 40.0 Å². The first-order chi connectivity index (χ1) is 19.7. The predicted molar refractivity (Wildman–Crippen MR) is 159 cm³/mol. The second kappa shape index (κ2) is 12.3. The number of esters is 1. The molecule has 3 heterocycles. The molecule has 1 fully saturated rings. The quantitative estimate of drug-likeness (QED) is 0.312. The smallest absolute Gasteiger partial charge is 0.422 e. The highest BCUT2D eigenvalue weighted by molar-refractivity contribution is 9.10. The van der Waals surface area contributed by atoms with Crippen LogP contribution in [0.4, 0.5) is 4.79 Å². The third-order valence-electron chi connectivity index (χ3n) is 8.62. The lowest BCUT2D eigenvalue weighted by atomic mass is 9.79. The summed E-state index contributed by atoms with van der Waals surface area (Å²) in [6.45, 7) is 10.8. The molecular weight excluding hydrogens is 590 g/mol. The Labute approximate surface area is 249 Å². The number of likely N-dealkylation sites (N-methyl/N-ethyl adjacent to an activating group) is 1. The lowest BCUT2D eigenvalue weighted by Gasteiger charge is -2.40. The number of benzene rings is 1. The van der Waals surface area contributed by atoms with Crippen LogP contribution in [0.25, 0.3) is 16.5 Å². The molecule has 41 heavy (non-hydrogen) atoms. The number of aromatic nitrogens is 1. The summed E-state index contributed by atoms with van der Waals surface area (Å²) in [5.74, 6) is -0.919. The molecule has 2 aliphatic heterocycles. The number of rotatable bonds is 7. The average molecular weight is 631 g/mol. The maximum absolute atomic E-state index is 13.7. The van der Waals surface area contributed by atoms with Gasteiger partial charge in [-0.15, -0.1) is 0 Å². The van der Waals surface area contributed by atoms with E-state index in [9.17, 15) is 14.4 Å². The van der Waals surface area contributed by atoms with Crippen LogP contribution in [0.15, 0.2) is 28.9 Å². The number of amides is 1. The summed E-state index contributed by atoms with van der Waals surface area (Å²) in [7, 11) is 2.06. The Hall–Kier alpha value is -2.69. The molecule has 0 saturated carbocycles. The van der Waals surface area contributed by atoms with Gasteiger partial charge in [0, 0.05) is 50.2 Å². The minimum Gasteiger partial charge on any atom is -0.425 e. The van der Waals surface area contributed by atoms with Crippen LogP contribution in [0.2, 0.25) is 0 Å². The van der Waals surface area contributed by atoms with Gasteiger partial charge in [-0.2, -0.15) is 0 Å². The first kappa shape index (κ1) is 29.8. The number of hydrogen-bond acceptors (Lipinski definition) is 7. The van der Waals surface area contributed by atoms with E-state index in [-0.39, 0.29) is 35.7 Å². The molecule has 1 unspecified atom stereocenters. The van der Waals surface area contributed by atoms with Crippen molar-refractivity contribution in [3.8, 4) is 0 Å². The van der Waals surface area contributed by atoms with Crippen LogP contribution in [-0.4, -0.2) is 84.6 Å². The van der Waals surface area contributed by atoms with E-state index in [1.807, 2.05) is 44.7 Å². The fourth-order valence-corrected chi connectivity index (χ4v) is 6.98. The van der Waals surface area contributed by atoms with Gasteiger partial charge in [-0.3, -0.25) is 14.5 Å². The summed E-state index contributed by atoms with van der Waals surface area (Å²) in [6.07, 6.45) is 2.41. The van der Waals surface area contributed by atoms with Gasteiger partial charge < -0.3 is 19.1 Å². The highest BCUT2D eigenvalue weighted by atomic mass is 79.9. The van der Waals surface area contributed by atoms with Crippen molar-refractivity contribution in [1.82, 2.24) is 14.4 Å². The van der Waals surface area contributed by atoms with Gasteiger partial charge in [-0.05, 0) is 78.9 Å².